The molecule has 0 aliphatic heterocycles. The Balaban J connectivity index is 1.83. The molecule has 2 aromatic rings. The standard InChI is InChI=1S/C24H30ClF5N4O4S/c1-4-34-21(17-12-31-15(9-13(2)24(28,29)30)10-18(17)38-23(26)27)19(25)20(33-34)22(35)32-11-14-5-7-16(8-6-14)39(3,36)37/h10,12-14,16,23H,4-9,11H2,1-3H3,(H,32,35)/t13-,14?,16?/m1/s1. The maximum Gasteiger partial charge on any atom is 0.391 e. The Kier molecular flexibility index (Phi) is 9.84. The van der Waals surface area contributed by atoms with E-state index in [9.17, 15) is 35.2 Å². The van der Waals surface area contributed by atoms with E-state index >= 15 is 0 Å². The molecule has 1 N–H and O–H groups in total. The molecule has 1 saturated carbocycles. The van der Waals surface area contributed by atoms with Gasteiger partial charge in [-0.2, -0.15) is 27.1 Å². The monoisotopic (exact) mass is 600 g/mol. The average Bonchev–Trinajstić information content (AvgIpc) is 3.17. The predicted octanol–water partition coefficient (Wildman–Crippen LogP) is 5.29. The van der Waals surface area contributed by atoms with Crippen molar-refractivity contribution in [3.05, 3.63) is 28.7 Å². The van der Waals surface area contributed by atoms with E-state index in [-0.39, 0.29) is 51.9 Å². The molecule has 2 aromatic heterocycles. The Morgan fingerprint density at radius 2 is 1.90 bits per heavy atom. The number of carbonyl (C=O) groups excluding carboxylic acids is 1. The van der Waals surface area contributed by atoms with Crippen LogP contribution in [0.15, 0.2) is 12.3 Å². The number of alkyl halides is 5. The molecule has 1 aliphatic rings. The Labute approximate surface area is 228 Å². The molecule has 1 atom stereocenters. The molecule has 2 heterocycles. The molecule has 0 saturated heterocycles. The largest absolute Gasteiger partial charge is 0.434 e. The molecule has 0 radical (unpaired) electrons. The lowest BCUT2D eigenvalue weighted by Crippen LogP contribution is -2.34. The quantitative estimate of drug-likeness (QED) is 0.372. The summed E-state index contributed by atoms with van der Waals surface area (Å²) >= 11 is 6.49. The molecule has 1 aliphatic carbocycles. The number of rotatable bonds is 10. The minimum atomic E-state index is -4.50. The number of sulfone groups is 1. The highest BCUT2D eigenvalue weighted by Gasteiger charge is 2.36. The number of carbonyl (C=O) groups is 1. The molecule has 39 heavy (non-hydrogen) atoms. The number of aryl methyl sites for hydroxylation is 1. The summed E-state index contributed by atoms with van der Waals surface area (Å²) in [5, 5.41) is 6.41. The van der Waals surface area contributed by atoms with E-state index in [2.05, 4.69) is 20.1 Å². The second-order valence-corrected chi connectivity index (χ2v) is 12.4. The van der Waals surface area contributed by atoms with Gasteiger partial charge in [-0.1, -0.05) is 18.5 Å². The summed E-state index contributed by atoms with van der Waals surface area (Å²) in [6.45, 7) is -0.202. The molecule has 0 spiro atoms. The van der Waals surface area contributed by atoms with Crippen molar-refractivity contribution in [1.29, 1.82) is 0 Å². The number of nitrogens with zero attached hydrogens (tertiary/aromatic N) is 3. The minimum absolute atomic E-state index is 0.0524. The van der Waals surface area contributed by atoms with Gasteiger partial charge in [-0.05, 0) is 38.5 Å². The van der Waals surface area contributed by atoms with Crippen LogP contribution < -0.4 is 10.1 Å². The molecular weight excluding hydrogens is 571 g/mol. The van der Waals surface area contributed by atoms with Gasteiger partial charge in [0.2, 0.25) is 0 Å². The Bertz CT molecular complexity index is 1280. The fourth-order valence-electron chi connectivity index (χ4n) is 4.55. The number of pyridine rings is 1. The fraction of sp³-hybridized carbons (Fsp3) is 0.625. The minimum Gasteiger partial charge on any atom is -0.434 e. The zero-order valence-corrected chi connectivity index (χ0v) is 23.1. The van der Waals surface area contributed by atoms with Gasteiger partial charge >= 0.3 is 12.8 Å². The second kappa shape index (κ2) is 12.4. The normalized spacial score (nSPS) is 19.2. The third-order valence-corrected chi connectivity index (χ3v) is 8.87. The summed E-state index contributed by atoms with van der Waals surface area (Å²) in [5.74, 6) is -2.76. The van der Waals surface area contributed by atoms with Gasteiger partial charge in [0, 0.05) is 43.7 Å². The first-order valence-electron chi connectivity index (χ1n) is 12.4. The molecule has 1 fully saturated rings. The Morgan fingerprint density at radius 3 is 2.44 bits per heavy atom. The van der Waals surface area contributed by atoms with Gasteiger partial charge in [0.1, 0.15) is 15.6 Å². The highest BCUT2D eigenvalue weighted by atomic mass is 35.5. The zero-order chi connectivity index (χ0) is 29.1. The van der Waals surface area contributed by atoms with Crippen LogP contribution in [0.4, 0.5) is 22.0 Å². The van der Waals surface area contributed by atoms with Gasteiger partial charge in [0.25, 0.3) is 5.91 Å². The molecule has 8 nitrogen and oxygen atoms in total. The molecule has 15 heteroatoms. The number of ether oxygens (including phenoxy) is 1. The van der Waals surface area contributed by atoms with Crippen LogP contribution in [0.2, 0.25) is 5.02 Å². The smallest absolute Gasteiger partial charge is 0.391 e. The summed E-state index contributed by atoms with van der Waals surface area (Å²) in [6.07, 6.45) is -0.494. The van der Waals surface area contributed by atoms with Crippen molar-refractivity contribution in [1.82, 2.24) is 20.1 Å². The van der Waals surface area contributed by atoms with E-state index < -0.39 is 46.6 Å². The summed E-state index contributed by atoms with van der Waals surface area (Å²) < 4.78 is 94.8. The van der Waals surface area contributed by atoms with Gasteiger partial charge in [0.05, 0.1) is 27.4 Å². The zero-order valence-electron chi connectivity index (χ0n) is 21.6. The van der Waals surface area contributed by atoms with Crippen molar-refractivity contribution in [2.75, 3.05) is 12.8 Å². The summed E-state index contributed by atoms with van der Waals surface area (Å²) in [4.78, 5) is 16.9. The van der Waals surface area contributed by atoms with Crippen molar-refractivity contribution in [2.24, 2.45) is 11.8 Å². The van der Waals surface area contributed by atoms with Gasteiger partial charge in [-0.3, -0.25) is 14.5 Å². The van der Waals surface area contributed by atoms with Crippen LogP contribution in [-0.2, 0) is 22.8 Å². The lowest BCUT2D eigenvalue weighted by atomic mass is 9.89. The fourth-order valence-corrected chi connectivity index (χ4v) is 6.00. The number of hydrogen-bond donors (Lipinski definition) is 1. The molecule has 0 bridgehead atoms. The maximum atomic E-state index is 13.2. The maximum absolute atomic E-state index is 13.2. The lowest BCUT2D eigenvalue weighted by molar-refractivity contribution is -0.169. The summed E-state index contributed by atoms with van der Waals surface area (Å²) in [5.41, 5.74) is -0.287. The highest BCUT2D eigenvalue weighted by Crippen LogP contribution is 2.38. The van der Waals surface area contributed by atoms with E-state index in [1.807, 2.05) is 0 Å². The Morgan fingerprint density at radius 1 is 1.26 bits per heavy atom. The first-order valence-corrected chi connectivity index (χ1v) is 14.7. The van der Waals surface area contributed by atoms with Crippen LogP contribution in [0, 0.1) is 11.8 Å². The van der Waals surface area contributed by atoms with Gasteiger partial charge < -0.3 is 10.1 Å². The van der Waals surface area contributed by atoms with E-state index in [0.29, 0.717) is 25.7 Å². The molecule has 3 rings (SSSR count). The number of nitrogens with one attached hydrogen (secondary N) is 1. The highest BCUT2D eigenvalue weighted by molar-refractivity contribution is 7.91. The van der Waals surface area contributed by atoms with E-state index in [0.717, 1.165) is 19.2 Å². The molecule has 0 aromatic carbocycles. The number of hydrogen-bond acceptors (Lipinski definition) is 6. The number of aromatic nitrogens is 3. The van der Waals surface area contributed by atoms with Gasteiger partial charge in [0.15, 0.2) is 5.69 Å². The van der Waals surface area contributed by atoms with Crippen LogP contribution in [0.5, 0.6) is 5.75 Å². The van der Waals surface area contributed by atoms with Crippen LogP contribution >= 0.6 is 11.6 Å². The van der Waals surface area contributed by atoms with Gasteiger partial charge in [-0.15, -0.1) is 0 Å². The van der Waals surface area contributed by atoms with Crippen LogP contribution in [-0.4, -0.2) is 59.9 Å². The van der Waals surface area contributed by atoms with E-state index in [1.54, 1.807) is 6.92 Å². The van der Waals surface area contributed by atoms with Crippen molar-refractivity contribution < 1.29 is 39.9 Å². The molecule has 218 valence electrons. The SMILES string of the molecule is CCn1nc(C(=O)NCC2CCC(S(C)(=O)=O)CC2)c(Cl)c1-c1cnc(C[C@@H](C)C(F)(F)F)cc1OC(F)F. The molecule has 0 unspecified atom stereocenters. The number of amides is 1. The first-order chi connectivity index (χ1) is 18.1. The van der Waals surface area contributed by atoms with E-state index in [1.165, 1.54) is 10.9 Å². The van der Waals surface area contributed by atoms with Crippen molar-refractivity contribution in [2.45, 2.75) is 70.5 Å². The molecule has 1 amide bonds. The van der Waals surface area contributed by atoms with Crippen molar-refractivity contribution in [3.63, 3.8) is 0 Å². The van der Waals surface area contributed by atoms with Crippen molar-refractivity contribution in [3.8, 4) is 17.0 Å². The third kappa shape index (κ3) is 7.80. The average molecular weight is 601 g/mol. The van der Waals surface area contributed by atoms with Crippen LogP contribution in [0.25, 0.3) is 11.3 Å². The van der Waals surface area contributed by atoms with Crippen molar-refractivity contribution >= 4 is 27.3 Å². The first kappa shape index (κ1) is 31.1. The lowest BCUT2D eigenvalue weighted by Gasteiger charge is -2.27. The molecular formula is C24H30ClF5N4O4S. The van der Waals surface area contributed by atoms with Crippen LogP contribution in [0.1, 0.15) is 55.7 Å². The summed E-state index contributed by atoms with van der Waals surface area (Å²) in [7, 11) is -3.12. The number of halogens is 6. The second-order valence-electron chi connectivity index (χ2n) is 9.71. The van der Waals surface area contributed by atoms with E-state index in [4.69, 9.17) is 11.6 Å². The Hall–Kier alpha value is -2.48. The van der Waals surface area contributed by atoms with Gasteiger partial charge in [-0.25, -0.2) is 8.42 Å². The van der Waals surface area contributed by atoms with Crippen LogP contribution in [0.3, 0.4) is 0 Å². The topological polar surface area (TPSA) is 103 Å². The summed E-state index contributed by atoms with van der Waals surface area (Å²) in [6, 6.07) is 1.000. The predicted molar refractivity (Wildman–Crippen MR) is 135 cm³/mol. The third-order valence-electron chi connectivity index (χ3n) is 6.83.